The van der Waals surface area contributed by atoms with E-state index in [-0.39, 0.29) is 11.3 Å². The van der Waals surface area contributed by atoms with Crippen LogP contribution in [0, 0.1) is 0 Å². The van der Waals surface area contributed by atoms with Crippen LogP contribution in [0.5, 0.6) is 0 Å². The van der Waals surface area contributed by atoms with Gasteiger partial charge in [-0.1, -0.05) is 23.7 Å². The fourth-order valence-corrected chi connectivity index (χ4v) is 4.46. The number of oxazole rings is 1. The van der Waals surface area contributed by atoms with Crippen molar-refractivity contribution >= 4 is 17.5 Å². The Morgan fingerprint density at radius 3 is 2.63 bits per heavy atom. The van der Waals surface area contributed by atoms with Crippen LogP contribution < -0.4 is 0 Å². The second-order valence-electron chi connectivity index (χ2n) is 7.87. The van der Waals surface area contributed by atoms with Crippen molar-refractivity contribution in [1.82, 2.24) is 9.88 Å². The molecule has 2 fully saturated rings. The minimum atomic E-state index is -0.366. The zero-order valence-corrected chi connectivity index (χ0v) is 16.0. The van der Waals surface area contributed by atoms with E-state index in [0.29, 0.717) is 24.0 Å². The van der Waals surface area contributed by atoms with E-state index in [1.807, 2.05) is 29.2 Å². The van der Waals surface area contributed by atoms with Crippen molar-refractivity contribution < 1.29 is 13.9 Å². The number of nitrogens with zero attached hydrogens (tertiary/aromatic N) is 2. The third kappa shape index (κ3) is 3.07. The van der Waals surface area contributed by atoms with Crippen LogP contribution in [0.3, 0.4) is 0 Å². The minimum absolute atomic E-state index is 0.214. The number of hydrogen-bond acceptors (Lipinski definition) is 4. The number of hydrogen-bond donors (Lipinski definition) is 0. The quantitative estimate of drug-likeness (QED) is 0.804. The van der Waals surface area contributed by atoms with Gasteiger partial charge >= 0.3 is 0 Å². The number of ether oxygens (including phenoxy) is 1. The predicted molar refractivity (Wildman–Crippen MR) is 101 cm³/mol. The number of rotatable bonds is 3. The smallest absolute Gasteiger partial charge is 0.233 e. The Morgan fingerprint density at radius 1 is 1.19 bits per heavy atom. The van der Waals surface area contributed by atoms with E-state index in [0.717, 1.165) is 68.2 Å². The topological polar surface area (TPSA) is 55.6 Å². The van der Waals surface area contributed by atoms with Crippen molar-refractivity contribution in [2.75, 3.05) is 19.8 Å². The van der Waals surface area contributed by atoms with Crippen LogP contribution in [0.15, 0.2) is 28.7 Å². The number of benzene rings is 1. The highest BCUT2D eigenvalue weighted by Crippen LogP contribution is 2.50. The zero-order valence-electron chi connectivity index (χ0n) is 15.2. The molecule has 142 valence electrons. The van der Waals surface area contributed by atoms with E-state index >= 15 is 0 Å². The van der Waals surface area contributed by atoms with Gasteiger partial charge in [-0.2, -0.15) is 0 Å². The lowest BCUT2D eigenvalue weighted by Crippen LogP contribution is -2.42. The molecule has 2 aliphatic heterocycles. The molecule has 3 heterocycles. The number of amides is 1. The van der Waals surface area contributed by atoms with Crippen LogP contribution in [-0.2, 0) is 27.9 Å². The Bertz CT molecular complexity index is 851. The number of halogens is 1. The van der Waals surface area contributed by atoms with Gasteiger partial charge in [0.2, 0.25) is 5.91 Å². The third-order valence-corrected chi connectivity index (χ3v) is 6.41. The van der Waals surface area contributed by atoms with Crippen LogP contribution in [0.4, 0.5) is 0 Å². The average Bonchev–Trinajstić information content (AvgIpc) is 3.40. The second kappa shape index (κ2) is 6.64. The maximum absolute atomic E-state index is 13.3. The van der Waals surface area contributed by atoms with E-state index in [9.17, 15) is 4.79 Å². The molecule has 5 rings (SSSR count). The summed E-state index contributed by atoms with van der Waals surface area (Å²) in [5.41, 5.74) is 1.64. The highest BCUT2D eigenvalue weighted by molar-refractivity contribution is 6.30. The Morgan fingerprint density at radius 2 is 1.93 bits per heavy atom. The van der Waals surface area contributed by atoms with Gasteiger partial charge in [0.25, 0.3) is 0 Å². The van der Waals surface area contributed by atoms with Gasteiger partial charge in [-0.05, 0) is 43.4 Å². The fourth-order valence-electron chi connectivity index (χ4n) is 4.33. The molecule has 1 aromatic heterocycles. The normalized spacial score (nSPS) is 21.7. The summed E-state index contributed by atoms with van der Waals surface area (Å²) < 4.78 is 11.5. The molecular weight excluding hydrogens is 364 g/mol. The Balaban J connectivity index is 1.34. The van der Waals surface area contributed by atoms with Crippen molar-refractivity contribution in [2.45, 2.75) is 50.0 Å². The summed E-state index contributed by atoms with van der Waals surface area (Å²) in [6.07, 6.45) is 4.48. The standard InChI is InChI=1S/C21H23ClN2O3/c22-16-3-1-15(2-4-16)21(8-9-21)20(25)24-10-5-18-17(13-24)23-19(27-18)14-6-11-26-12-7-14/h1-4,14H,5-13H2. The number of fused-ring (bicyclic) bond motifs is 1. The Kier molecular flexibility index (Phi) is 4.25. The van der Waals surface area contributed by atoms with Crippen molar-refractivity contribution in [3.05, 3.63) is 52.2 Å². The summed E-state index contributed by atoms with van der Waals surface area (Å²) in [4.78, 5) is 20.0. The number of carbonyl (C=O) groups excluding carboxylic acids is 1. The van der Waals surface area contributed by atoms with Gasteiger partial charge in [-0.15, -0.1) is 0 Å². The first-order valence-electron chi connectivity index (χ1n) is 9.77. The van der Waals surface area contributed by atoms with Gasteiger partial charge in [-0.25, -0.2) is 4.98 Å². The van der Waals surface area contributed by atoms with Crippen molar-refractivity contribution in [2.24, 2.45) is 0 Å². The van der Waals surface area contributed by atoms with Gasteiger partial charge in [0.15, 0.2) is 5.89 Å². The molecule has 1 amide bonds. The largest absolute Gasteiger partial charge is 0.445 e. The van der Waals surface area contributed by atoms with Gasteiger partial charge < -0.3 is 14.1 Å². The SMILES string of the molecule is O=C(N1CCc2oc(C3CCOCC3)nc2C1)C1(c2ccc(Cl)cc2)CC1. The zero-order chi connectivity index (χ0) is 18.4. The van der Waals surface area contributed by atoms with Crippen LogP contribution >= 0.6 is 11.6 Å². The minimum Gasteiger partial charge on any atom is -0.445 e. The van der Waals surface area contributed by atoms with E-state index in [4.69, 9.17) is 25.7 Å². The summed E-state index contributed by atoms with van der Waals surface area (Å²) in [7, 11) is 0. The summed E-state index contributed by atoms with van der Waals surface area (Å²) >= 11 is 6.01. The van der Waals surface area contributed by atoms with Gasteiger partial charge in [0.1, 0.15) is 11.5 Å². The van der Waals surface area contributed by atoms with Gasteiger partial charge in [-0.3, -0.25) is 4.79 Å². The monoisotopic (exact) mass is 386 g/mol. The Hall–Kier alpha value is -1.85. The van der Waals surface area contributed by atoms with Gasteiger partial charge in [0.05, 0.1) is 12.0 Å². The highest BCUT2D eigenvalue weighted by Gasteiger charge is 2.53. The van der Waals surface area contributed by atoms with E-state index in [1.54, 1.807) is 0 Å². The molecule has 0 atom stereocenters. The lowest BCUT2D eigenvalue weighted by Gasteiger charge is -2.29. The van der Waals surface area contributed by atoms with Crippen molar-refractivity contribution in [3.63, 3.8) is 0 Å². The molecule has 1 saturated carbocycles. The molecule has 5 nitrogen and oxygen atoms in total. The summed E-state index contributed by atoms with van der Waals surface area (Å²) in [5.74, 6) is 2.34. The van der Waals surface area contributed by atoms with Crippen LogP contribution in [-0.4, -0.2) is 35.5 Å². The Labute approximate surface area is 163 Å². The second-order valence-corrected chi connectivity index (χ2v) is 8.31. The van der Waals surface area contributed by atoms with Crippen LogP contribution in [0.2, 0.25) is 5.02 Å². The number of carbonyl (C=O) groups is 1. The first kappa shape index (κ1) is 17.3. The number of aromatic nitrogens is 1. The molecule has 1 aromatic carbocycles. The first-order chi connectivity index (χ1) is 13.2. The molecule has 0 unspecified atom stereocenters. The van der Waals surface area contributed by atoms with E-state index in [1.165, 1.54) is 0 Å². The van der Waals surface area contributed by atoms with Crippen molar-refractivity contribution in [1.29, 1.82) is 0 Å². The molecule has 0 spiro atoms. The molecular formula is C21H23ClN2O3. The molecule has 1 aliphatic carbocycles. The highest BCUT2D eigenvalue weighted by atomic mass is 35.5. The molecule has 6 heteroatoms. The molecule has 27 heavy (non-hydrogen) atoms. The molecule has 0 radical (unpaired) electrons. The maximum atomic E-state index is 13.3. The third-order valence-electron chi connectivity index (χ3n) is 6.16. The average molecular weight is 387 g/mol. The van der Waals surface area contributed by atoms with E-state index < -0.39 is 0 Å². The lowest BCUT2D eigenvalue weighted by atomic mass is 9.93. The van der Waals surface area contributed by atoms with E-state index in [2.05, 4.69) is 0 Å². The maximum Gasteiger partial charge on any atom is 0.233 e. The predicted octanol–water partition coefficient (Wildman–Crippen LogP) is 3.84. The summed E-state index contributed by atoms with van der Waals surface area (Å²) in [6, 6.07) is 7.72. The fraction of sp³-hybridized carbons (Fsp3) is 0.524. The summed E-state index contributed by atoms with van der Waals surface area (Å²) in [5, 5.41) is 0.702. The lowest BCUT2D eigenvalue weighted by molar-refractivity contribution is -0.135. The molecule has 0 N–H and O–H groups in total. The molecule has 2 aromatic rings. The summed E-state index contributed by atoms with van der Waals surface area (Å²) in [6.45, 7) is 2.79. The first-order valence-corrected chi connectivity index (χ1v) is 10.2. The molecule has 1 saturated heterocycles. The molecule has 3 aliphatic rings. The van der Waals surface area contributed by atoms with Crippen LogP contribution in [0.25, 0.3) is 0 Å². The molecule has 0 bridgehead atoms. The van der Waals surface area contributed by atoms with Crippen molar-refractivity contribution in [3.8, 4) is 0 Å². The van der Waals surface area contributed by atoms with Gasteiger partial charge in [0, 0.05) is 37.1 Å². The van der Waals surface area contributed by atoms with Crippen LogP contribution in [0.1, 0.15) is 54.5 Å².